The third-order valence-electron chi connectivity index (χ3n) is 4.54. The van der Waals surface area contributed by atoms with Crippen LogP contribution >= 0.6 is 35.3 Å². The van der Waals surface area contributed by atoms with Crippen molar-refractivity contribution in [1.82, 2.24) is 15.6 Å². The Morgan fingerprint density at radius 3 is 2.43 bits per heavy atom. The van der Waals surface area contributed by atoms with Gasteiger partial charge in [0.05, 0.1) is 12.2 Å². The molecule has 0 radical (unpaired) electrons. The van der Waals surface area contributed by atoms with Crippen molar-refractivity contribution in [2.75, 3.05) is 32.6 Å². The van der Waals surface area contributed by atoms with Crippen molar-refractivity contribution < 1.29 is 0 Å². The summed E-state index contributed by atoms with van der Waals surface area (Å²) in [5, 5.41) is 10.0. The fourth-order valence-corrected chi connectivity index (χ4v) is 3.72. The second-order valence-corrected chi connectivity index (χ2v) is 7.50. The van der Waals surface area contributed by atoms with Crippen LogP contribution in [0.1, 0.15) is 31.4 Å². The number of guanidine groups is 1. The number of nitrogens with one attached hydrogen (secondary N) is 2. The molecule has 0 amide bonds. The van der Waals surface area contributed by atoms with Gasteiger partial charge in [0.2, 0.25) is 0 Å². The maximum atomic E-state index is 4.59. The summed E-state index contributed by atoms with van der Waals surface area (Å²) in [6.07, 6.45) is 5.73. The lowest BCUT2D eigenvalue weighted by atomic mass is 9.98. The van der Waals surface area contributed by atoms with Crippen molar-refractivity contribution in [3.05, 3.63) is 11.1 Å². The summed E-state index contributed by atoms with van der Waals surface area (Å²) in [6.45, 7) is 1.79. The molecule has 0 atom stereocenters. The van der Waals surface area contributed by atoms with Gasteiger partial charge in [-0.2, -0.15) is 0 Å². The van der Waals surface area contributed by atoms with Gasteiger partial charge in [-0.3, -0.25) is 4.99 Å². The minimum Gasteiger partial charge on any atom is -0.356 e. The average Bonchev–Trinajstić information content (AvgIpc) is 3.43. The van der Waals surface area contributed by atoms with E-state index in [1.165, 1.54) is 25.7 Å². The van der Waals surface area contributed by atoms with Gasteiger partial charge in [0.25, 0.3) is 0 Å². The maximum Gasteiger partial charge on any atom is 0.191 e. The summed E-state index contributed by atoms with van der Waals surface area (Å²) in [7, 11) is 5.88. The summed E-state index contributed by atoms with van der Waals surface area (Å²) in [6, 6.07) is 0. The number of anilines is 1. The fraction of sp³-hybridized carbons (Fsp3) is 0.750. The minimum atomic E-state index is 0. The summed E-state index contributed by atoms with van der Waals surface area (Å²) >= 11 is 1.67. The lowest BCUT2D eigenvalue weighted by Crippen LogP contribution is -2.40. The molecule has 1 heterocycles. The van der Waals surface area contributed by atoms with Crippen LogP contribution in [0.25, 0.3) is 0 Å². The van der Waals surface area contributed by atoms with Gasteiger partial charge < -0.3 is 15.5 Å². The molecule has 2 fully saturated rings. The summed E-state index contributed by atoms with van der Waals surface area (Å²) < 4.78 is 0. The van der Waals surface area contributed by atoms with E-state index in [-0.39, 0.29) is 24.0 Å². The average molecular weight is 449 g/mol. The van der Waals surface area contributed by atoms with E-state index in [1.807, 2.05) is 26.0 Å². The van der Waals surface area contributed by atoms with Crippen LogP contribution in [0.2, 0.25) is 0 Å². The molecule has 0 saturated heterocycles. The Hall–Kier alpha value is -0.570. The molecule has 1 aromatic rings. The van der Waals surface area contributed by atoms with E-state index in [4.69, 9.17) is 0 Å². The number of aromatic nitrogens is 1. The Labute approximate surface area is 160 Å². The molecule has 3 rings (SSSR count). The molecule has 0 unspecified atom stereocenters. The molecule has 2 aliphatic rings. The van der Waals surface area contributed by atoms with Crippen LogP contribution in [-0.4, -0.2) is 38.6 Å². The van der Waals surface area contributed by atoms with Gasteiger partial charge in [-0.1, -0.05) is 0 Å². The van der Waals surface area contributed by atoms with E-state index >= 15 is 0 Å². The van der Waals surface area contributed by atoms with Crippen LogP contribution in [0.15, 0.2) is 10.4 Å². The standard InChI is InChI=1S/C16H27N5S.HI/c1-17-15(18-8-13-10-22-16(20-13)21(2)3)19-9-14(11-4-5-11)12-6-7-12;/h10-12,14H,4-9H2,1-3H3,(H2,17,18,19);1H. The van der Waals surface area contributed by atoms with Gasteiger partial charge in [-0.25, -0.2) is 4.98 Å². The van der Waals surface area contributed by atoms with E-state index in [0.717, 1.165) is 47.6 Å². The molecule has 2 aliphatic carbocycles. The van der Waals surface area contributed by atoms with Crippen molar-refractivity contribution in [1.29, 1.82) is 0 Å². The van der Waals surface area contributed by atoms with Crippen molar-refractivity contribution in [3.8, 4) is 0 Å². The number of hydrogen-bond acceptors (Lipinski definition) is 4. The third kappa shape index (κ3) is 5.48. The zero-order chi connectivity index (χ0) is 15.5. The Bertz CT molecular complexity index is 510. The molecular weight excluding hydrogens is 421 g/mol. The SMILES string of the molecule is CN=C(NCc1csc(N(C)C)n1)NCC(C1CC1)C1CC1.I. The second-order valence-electron chi connectivity index (χ2n) is 6.66. The van der Waals surface area contributed by atoms with Gasteiger partial charge >= 0.3 is 0 Å². The number of thiazole rings is 1. The summed E-state index contributed by atoms with van der Waals surface area (Å²) in [4.78, 5) is 11.0. The first-order valence-electron chi connectivity index (χ1n) is 8.23. The zero-order valence-corrected chi connectivity index (χ0v) is 17.4. The second kappa shape index (κ2) is 8.50. The number of aliphatic imine (C=N–C) groups is 1. The molecular formula is C16H28IN5S. The lowest BCUT2D eigenvalue weighted by Gasteiger charge is -2.18. The molecule has 1 aromatic heterocycles. The Morgan fingerprint density at radius 1 is 1.30 bits per heavy atom. The monoisotopic (exact) mass is 449 g/mol. The van der Waals surface area contributed by atoms with Crippen LogP contribution in [0.3, 0.4) is 0 Å². The third-order valence-corrected chi connectivity index (χ3v) is 5.60. The van der Waals surface area contributed by atoms with Crippen LogP contribution in [0.5, 0.6) is 0 Å². The summed E-state index contributed by atoms with van der Waals surface area (Å²) in [5.74, 6) is 3.70. The Morgan fingerprint density at radius 2 is 1.96 bits per heavy atom. The maximum absolute atomic E-state index is 4.59. The van der Waals surface area contributed by atoms with E-state index in [0.29, 0.717) is 0 Å². The summed E-state index contributed by atoms with van der Waals surface area (Å²) in [5.41, 5.74) is 1.07. The molecule has 0 spiro atoms. The van der Waals surface area contributed by atoms with Gasteiger partial charge in [-0.05, 0) is 43.4 Å². The lowest BCUT2D eigenvalue weighted by molar-refractivity contribution is 0.400. The highest BCUT2D eigenvalue weighted by atomic mass is 127. The Balaban J connectivity index is 0.00000192. The first-order valence-corrected chi connectivity index (χ1v) is 9.11. The van der Waals surface area contributed by atoms with Crippen molar-refractivity contribution in [2.45, 2.75) is 32.2 Å². The molecule has 0 aliphatic heterocycles. The highest BCUT2D eigenvalue weighted by Gasteiger charge is 2.41. The first kappa shape index (κ1) is 18.8. The molecule has 130 valence electrons. The minimum absolute atomic E-state index is 0. The topological polar surface area (TPSA) is 52.6 Å². The van der Waals surface area contributed by atoms with Gasteiger partial charge in [0, 0.05) is 33.1 Å². The van der Waals surface area contributed by atoms with E-state index in [2.05, 4.69) is 26.0 Å². The van der Waals surface area contributed by atoms with Crippen LogP contribution in [0.4, 0.5) is 5.13 Å². The number of rotatable bonds is 7. The Kier molecular flexibility index (Phi) is 6.94. The zero-order valence-electron chi connectivity index (χ0n) is 14.2. The molecule has 2 N–H and O–H groups in total. The van der Waals surface area contributed by atoms with E-state index < -0.39 is 0 Å². The quantitative estimate of drug-likeness (QED) is 0.382. The van der Waals surface area contributed by atoms with Crippen molar-refractivity contribution >= 4 is 46.4 Å². The van der Waals surface area contributed by atoms with Gasteiger partial charge in [0.15, 0.2) is 11.1 Å². The van der Waals surface area contributed by atoms with Crippen molar-refractivity contribution in [2.24, 2.45) is 22.7 Å². The number of hydrogen-bond donors (Lipinski definition) is 2. The van der Waals surface area contributed by atoms with Crippen molar-refractivity contribution in [3.63, 3.8) is 0 Å². The van der Waals surface area contributed by atoms with Gasteiger partial charge in [-0.15, -0.1) is 35.3 Å². The smallest absolute Gasteiger partial charge is 0.191 e. The molecule has 23 heavy (non-hydrogen) atoms. The van der Waals surface area contributed by atoms with Crippen LogP contribution < -0.4 is 15.5 Å². The molecule has 2 saturated carbocycles. The molecule has 7 heteroatoms. The number of halogens is 1. The molecule has 0 aromatic carbocycles. The molecule has 5 nitrogen and oxygen atoms in total. The largest absolute Gasteiger partial charge is 0.356 e. The molecule has 0 bridgehead atoms. The number of nitrogens with zero attached hydrogens (tertiary/aromatic N) is 3. The van der Waals surface area contributed by atoms with Gasteiger partial charge in [0.1, 0.15) is 0 Å². The predicted octanol–water partition coefficient (Wildman–Crippen LogP) is 2.93. The fourth-order valence-electron chi connectivity index (χ4n) is 2.96. The highest BCUT2D eigenvalue weighted by Crippen LogP contribution is 2.48. The highest BCUT2D eigenvalue weighted by molar-refractivity contribution is 14.0. The van der Waals surface area contributed by atoms with E-state index in [1.54, 1.807) is 11.3 Å². The van der Waals surface area contributed by atoms with E-state index in [9.17, 15) is 0 Å². The van der Waals surface area contributed by atoms with Crippen LogP contribution in [0, 0.1) is 17.8 Å². The predicted molar refractivity (Wildman–Crippen MR) is 109 cm³/mol. The normalized spacial score (nSPS) is 17.8. The van der Waals surface area contributed by atoms with Crippen LogP contribution in [-0.2, 0) is 6.54 Å². The first-order chi connectivity index (χ1) is 10.7.